The van der Waals surface area contributed by atoms with Crippen molar-refractivity contribution in [3.8, 4) is 5.75 Å². The molecule has 0 radical (unpaired) electrons. The maximum atomic E-state index is 6.00. The minimum Gasteiger partial charge on any atom is -0.496 e. The van der Waals surface area contributed by atoms with Gasteiger partial charge in [-0.25, -0.2) is 0 Å². The molecule has 0 fully saturated rings. The smallest absolute Gasteiger partial charge is 0.124 e. The Morgan fingerprint density at radius 1 is 1.14 bits per heavy atom. The third-order valence-electron chi connectivity index (χ3n) is 3.61. The van der Waals surface area contributed by atoms with Crippen LogP contribution in [-0.2, 0) is 0 Å². The number of ether oxygens (including phenoxy) is 1. The largest absolute Gasteiger partial charge is 0.496 e. The number of benzene rings is 2. The minimum absolute atomic E-state index is 0.0998. The number of aryl methyl sites for hydroxylation is 2. The SMILES string of the molecule is CCNC(c1ccc(Cl)cc1)c1c(C)cc(C)cc1OC. The van der Waals surface area contributed by atoms with Crippen molar-refractivity contribution in [2.75, 3.05) is 13.7 Å². The fourth-order valence-corrected chi connectivity index (χ4v) is 2.85. The Morgan fingerprint density at radius 3 is 2.38 bits per heavy atom. The van der Waals surface area contributed by atoms with Crippen molar-refractivity contribution >= 4 is 11.6 Å². The van der Waals surface area contributed by atoms with Gasteiger partial charge in [-0.15, -0.1) is 0 Å². The summed E-state index contributed by atoms with van der Waals surface area (Å²) in [6.07, 6.45) is 0. The highest BCUT2D eigenvalue weighted by Gasteiger charge is 2.20. The highest BCUT2D eigenvalue weighted by atomic mass is 35.5. The fourth-order valence-electron chi connectivity index (χ4n) is 2.72. The summed E-state index contributed by atoms with van der Waals surface area (Å²) in [5.74, 6) is 0.924. The quantitative estimate of drug-likeness (QED) is 0.867. The van der Waals surface area contributed by atoms with Gasteiger partial charge in [-0.1, -0.05) is 36.7 Å². The van der Waals surface area contributed by atoms with Crippen LogP contribution in [0.15, 0.2) is 36.4 Å². The van der Waals surface area contributed by atoms with E-state index in [2.05, 4.69) is 50.4 Å². The average molecular weight is 304 g/mol. The molecule has 0 heterocycles. The van der Waals surface area contributed by atoms with E-state index in [1.807, 2.05) is 12.1 Å². The van der Waals surface area contributed by atoms with Crippen molar-refractivity contribution in [2.45, 2.75) is 26.8 Å². The van der Waals surface area contributed by atoms with Crippen molar-refractivity contribution in [2.24, 2.45) is 0 Å². The van der Waals surface area contributed by atoms with Crippen molar-refractivity contribution in [3.63, 3.8) is 0 Å². The van der Waals surface area contributed by atoms with Crippen molar-refractivity contribution < 1.29 is 4.74 Å². The van der Waals surface area contributed by atoms with Gasteiger partial charge in [0.1, 0.15) is 5.75 Å². The monoisotopic (exact) mass is 303 g/mol. The lowest BCUT2D eigenvalue weighted by atomic mass is 9.92. The summed E-state index contributed by atoms with van der Waals surface area (Å²) in [5.41, 5.74) is 4.81. The van der Waals surface area contributed by atoms with Crippen LogP contribution < -0.4 is 10.1 Å². The van der Waals surface area contributed by atoms with E-state index in [-0.39, 0.29) is 6.04 Å². The molecule has 2 aromatic carbocycles. The molecule has 0 bridgehead atoms. The highest BCUT2D eigenvalue weighted by molar-refractivity contribution is 6.30. The summed E-state index contributed by atoms with van der Waals surface area (Å²) in [6.45, 7) is 7.21. The Bertz CT molecular complexity index is 607. The lowest BCUT2D eigenvalue weighted by molar-refractivity contribution is 0.403. The first kappa shape index (κ1) is 15.9. The zero-order valence-electron chi connectivity index (χ0n) is 13.0. The zero-order valence-corrected chi connectivity index (χ0v) is 13.8. The molecule has 0 aliphatic carbocycles. The third-order valence-corrected chi connectivity index (χ3v) is 3.87. The van der Waals surface area contributed by atoms with Gasteiger partial charge in [-0.3, -0.25) is 0 Å². The summed E-state index contributed by atoms with van der Waals surface area (Å²) >= 11 is 6.00. The van der Waals surface area contributed by atoms with E-state index in [4.69, 9.17) is 16.3 Å². The second-order valence-electron chi connectivity index (χ2n) is 5.24. The number of hydrogen-bond acceptors (Lipinski definition) is 2. The first-order valence-corrected chi connectivity index (χ1v) is 7.58. The van der Waals surface area contributed by atoms with Gasteiger partial charge in [0, 0.05) is 10.6 Å². The van der Waals surface area contributed by atoms with Gasteiger partial charge in [0.05, 0.1) is 13.2 Å². The second-order valence-corrected chi connectivity index (χ2v) is 5.68. The van der Waals surface area contributed by atoms with Crippen LogP contribution in [-0.4, -0.2) is 13.7 Å². The van der Waals surface area contributed by atoms with E-state index in [0.29, 0.717) is 0 Å². The third kappa shape index (κ3) is 3.58. The molecule has 0 aliphatic rings. The van der Waals surface area contributed by atoms with Crippen LogP contribution in [0.4, 0.5) is 0 Å². The van der Waals surface area contributed by atoms with E-state index in [1.165, 1.54) is 22.3 Å². The molecule has 1 atom stereocenters. The maximum Gasteiger partial charge on any atom is 0.124 e. The molecule has 0 saturated heterocycles. The van der Waals surface area contributed by atoms with Crippen molar-refractivity contribution in [3.05, 3.63) is 63.7 Å². The molecule has 21 heavy (non-hydrogen) atoms. The number of methoxy groups -OCH3 is 1. The molecule has 0 aliphatic heterocycles. The Balaban J connectivity index is 2.55. The fraction of sp³-hybridized carbons (Fsp3) is 0.333. The van der Waals surface area contributed by atoms with Crippen LogP contribution in [0.5, 0.6) is 5.75 Å². The minimum atomic E-state index is 0.0998. The normalized spacial score (nSPS) is 12.2. The van der Waals surface area contributed by atoms with Crippen molar-refractivity contribution in [1.29, 1.82) is 0 Å². The van der Waals surface area contributed by atoms with Gasteiger partial charge in [0.25, 0.3) is 0 Å². The number of rotatable bonds is 5. The molecule has 2 rings (SSSR count). The standard InChI is InChI=1S/C18H22ClNO/c1-5-20-18(14-6-8-15(19)9-7-14)17-13(3)10-12(2)11-16(17)21-4/h6-11,18,20H,5H2,1-4H3. The summed E-state index contributed by atoms with van der Waals surface area (Å²) < 4.78 is 5.61. The first-order chi connectivity index (χ1) is 10.1. The lowest BCUT2D eigenvalue weighted by Gasteiger charge is -2.24. The van der Waals surface area contributed by atoms with Crippen LogP contribution >= 0.6 is 11.6 Å². The molecular formula is C18H22ClNO. The Labute approximate surface area is 132 Å². The van der Waals surface area contributed by atoms with Gasteiger partial charge in [0.2, 0.25) is 0 Å². The molecular weight excluding hydrogens is 282 g/mol. The summed E-state index contributed by atoms with van der Waals surface area (Å²) in [7, 11) is 1.72. The Kier molecular flexibility index (Phi) is 5.27. The van der Waals surface area contributed by atoms with E-state index in [0.717, 1.165) is 17.3 Å². The molecule has 1 unspecified atom stereocenters. The molecule has 2 aromatic rings. The summed E-state index contributed by atoms with van der Waals surface area (Å²) in [4.78, 5) is 0. The van der Waals surface area contributed by atoms with E-state index in [1.54, 1.807) is 7.11 Å². The highest BCUT2D eigenvalue weighted by Crippen LogP contribution is 2.34. The average Bonchev–Trinajstić information content (AvgIpc) is 2.46. The van der Waals surface area contributed by atoms with Crippen LogP contribution in [0.1, 0.15) is 35.2 Å². The molecule has 1 N–H and O–H groups in total. The molecule has 3 heteroatoms. The number of nitrogens with one attached hydrogen (secondary N) is 1. The van der Waals surface area contributed by atoms with Crippen LogP contribution in [0.3, 0.4) is 0 Å². The van der Waals surface area contributed by atoms with Crippen LogP contribution in [0.25, 0.3) is 0 Å². The molecule has 112 valence electrons. The van der Waals surface area contributed by atoms with Gasteiger partial charge in [0.15, 0.2) is 0 Å². The van der Waals surface area contributed by atoms with Crippen LogP contribution in [0, 0.1) is 13.8 Å². The van der Waals surface area contributed by atoms with E-state index >= 15 is 0 Å². The van der Waals surface area contributed by atoms with E-state index in [9.17, 15) is 0 Å². The molecule has 0 spiro atoms. The maximum absolute atomic E-state index is 6.00. The van der Waals surface area contributed by atoms with Gasteiger partial charge < -0.3 is 10.1 Å². The second kappa shape index (κ2) is 6.97. The molecule has 0 amide bonds. The van der Waals surface area contributed by atoms with Crippen LogP contribution in [0.2, 0.25) is 5.02 Å². The summed E-state index contributed by atoms with van der Waals surface area (Å²) in [5, 5.41) is 4.30. The van der Waals surface area contributed by atoms with Gasteiger partial charge in [-0.05, 0) is 55.3 Å². The lowest BCUT2D eigenvalue weighted by Crippen LogP contribution is -2.23. The Morgan fingerprint density at radius 2 is 1.81 bits per heavy atom. The van der Waals surface area contributed by atoms with E-state index < -0.39 is 0 Å². The molecule has 2 nitrogen and oxygen atoms in total. The summed E-state index contributed by atoms with van der Waals surface area (Å²) in [6, 6.07) is 12.4. The molecule has 0 aromatic heterocycles. The first-order valence-electron chi connectivity index (χ1n) is 7.20. The zero-order chi connectivity index (χ0) is 15.4. The predicted octanol–water partition coefficient (Wildman–Crippen LogP) is 4.66. The Hall–Kier alpha value is -1.51. The van der Waals surface area contributed by atoms with Crippen molar-refractivity contribution in [1.82, 2.24) is 5.32 Å². The predicted molar refractivity (Wildman–Crippen MR) is 89.4 cm³/mol. The number of halogens is 1. The van der Waals surface area contributed by atoms with Gasteiger partial charge >= 0.3 is 0 Å². The number of hydrogen-bond donors (Lipinski definition) is 1. The topological polar surface area (TPSA) is 21.3 Å². The van der Waals surface area contributed by atoms with Gasteiger partial charge in [-0.2, -0.15) is 0 Å². The molecule has 0 saturated carbocycles.